The van der Waals surface area contributed by atoms with Gasteiger partial charge in [-0.15, -0.1) is 23.1 Å². The van der Waals surface area contributed by atoms with Crippen molar-refractivity contribution in [2.24, 2.45) is 4.99 Å². The van der Waals surface area contributed by atoms with Crippen LogP contribution >= 0.6 is 23.1 Å². The monoisotopic (exact) mass is 378 g/mol. The lowest BCUT2D eigenvalue weighted by atomic mass is 10.2. The summed E-state index contributed by atoms with van der Waals surface area (Å²) in [6, 6.07) is 8.57. The number of ether oxygens (including phenoxy) is 1. The van der Waals surface area contributed by atoms with E-state index in [2.05, 4.69) is 56.1 Å². The van der Waals surface area contributed by atoms with Gasteiger partial charge in [-0.3, -0.25) is 4.99 Å². The van der Waals surface area contributed by atoms with Crippen LogP contribution in [-0.2, 0) is 17.8 Å². The van der Waals surface area contributed by atoms with Crippen LogP contribution in [0, 0.1) is 0 Å². The van der Waals surface area contributed by atoms with Gasteiger partial charge < -0.3 is 15.0 Å². The molecule has 136 valence electrons. The highest BCUT2D eigenvalue weighted by Gasteiger charge is 2.12. The van der Waals surface area contributed by atoms with Gasteiger partial charge in [0.25, 0.3) is 0 Å². The van der Waals surface area contributed by atoms with Crippen molar-refractivity contribution in [1.29, 1.82) is 0 Å². The Morgan fingerprint density at radius 2 is 2.12 bits per heavy atom. The molecular formula is C18H26N4OS2. The van der Waals surface area contributed by atoms with Crippen molar-refractivity contribution in [2.45, 2.75) is 31.0 Å². The van der Waals surface area contributed by atoms with Crippen molar-refractivity contribution in [1.82, 2.24) is 15.2 Å². The molecule has 1 aromatic carbocycles. The van der Waals surface area contributed by atoms with Crippen LogP contribution in [-0.4, -0.2) is 43.3 Å². The minimum Gasteiger partial charge on any atom is -0.375 e. The third kappa shape index (κ3) is 5.73. The first-order valence-corrected chi connectivity index (χ1v) is 10.2. The van der Waals surface area contributed by atoms with E-state index >= 15 is 0 Å². The third-order valence-electron chi connectivity index (χ3n) is 3.85. The first-order chi connectivity index (χ1) is 12.1. The van der Waals surface area contributed by atoms with Crippen LogP contribution in [0.4, 0.5) is 0 Å². The largest absolute Gasteiger partial charge is 0.375 e. The fourth-order valence-electron chi connectivity index (χ4n) is 2.31. The highest BCUT2D eigenvalue weighted by Crippen LogP contribution is 2.21. The van der Waals surface area contributed by atoms with E-state index in [1.165, 1.54) is 10.5 Å². The maximum atomic E-state index is 5.32. The highest BCUT2D eigenvalue weighted by atomic mass is 32.2. The predicted octanol–water partition coefficient (Wildman–Crippen LogP) is 3.78. The normalized spacial score (nSPS) is 12.9. The molecule has 1 heterocycles. The lowest BCUT2D eigenvalue weighted by Gasteiger charge is -2.21. The Bertz CT molecular complexity index is 685. The van der Waals surface area contributed by atoms with Crippen molar-refractivity contribution in [3.05, 3.63) is 45.9 Å². The second kappa shape index (κ2) is 9.79. The van der Waals surface area contributed by atoms with Crippen molar-refractivity contribution in [3.8, 4) is 0 Å². The molecule has 1 unspecified atom stereocenters. The summed E-state index contributed by atoms with van der Waals surface area (Å²) in [5, 5.41) is 6.49. The van der Waals surface area contributed by atoms with Crippen LogP contribution in [0.25, 0.3) is 0 Å². The van der Waals surface area contributed by atoms with E-state index < -0.39 is 0 Å². The Morgan fingerprint density at radius 3 is 2.72 bits per heavy atom. The first kappa shape index (κ1) is 19.8. The Balaban J connectivity index is 1.91. The summed E-state index contributed by atoms with van der Waals surface area (Å²) < 4.78 is 5.32. The van der Waals surface area contributed by atoms with E-state index in [-0.39, 0.29) is 6.10 Å². The van der Waals surface area contributed by atoms with Crippen molar-refractivity contribution in [2.75, 3.05) is 27.5 Å². The summed E-state index contributed by atoms with van der Waals surface area (Å²) in [7, 11) is 5.52. The summed E-state index contributed by atoms with van der Waals surface area (Å²) in [5.74, 6) is 0.850. The van der Waals surface area contributed by atoms with Crippen LogP contribution in [0.2, 0.25) is 0 Å². The molecule has 1 aromatic heterocycles. The number of nitrogens with one attached hydrogen (secondary N) is 1. The second-order valence-corrected chi connectivity index (χ2v) is 7.43. The van der Waals surface area contributed by atoms with Gasteiger partial charge in [-0.2, -0.15) is 0 Å². The molecule has 0 aliphatic heterocycles. The molecule has 0 aliphatic rings. The number of thiazole rings is 1. The maximum absolute atomic E-state index is 5.32. The van der Waals surface area contributed by atoms with Gasteiger partial charge in [-0.1, -0.05) is 12.1 Å². The second-order valence-electron chi connectivity index (χ2n) is 5.66. The average molecular weight is 379 g/mol. The molecule has 1 N–H and O–H groups in total. The number of methoxy groups -OCH3 is 1. The fourth-order valence-corrected chi connectivity index (χ4v) is 3.56. The van der Waals surface area contributed by atoms with Crippen molar-refractivity contribution < 1.29 is 4.74 Å². The maximum Gasteiger partial charge on any atom is 0.194 e. The van der Waals surface area contributed by atoms with Gasteiger partial charge in [-0.25, -0.2) is 4.98 Å². The molecule has 0 radical (unpaired) electrons. The molecule has 0 bridgehead atoms. The standard InChI is InChI=1S/C18H26N4OS2/c1-13(23-4)17-21-15(12-25-17)11-22(3)18(19-2)20-10-14-6-8-16(24-5)9-7-14/h6-9,12-13H,10-11H2,1-5H3,(H,19,20). The summed E-state index contributed by atoms with van der Waals surface area (Å²) in [6.07, 6.45) is 2.12. The average Bonchev–Trinajstić information content (AvgIpc) is 3.10. The van der Waals surface area contributed by atoms with E-state index in [4.69, 9.17) is 4.74 Å². The summed E-state index contributed by atoms with van der Waals surface area (Å²) in [6.45, 7) is 3.46. The van der Waals surface area contributed by atoms with E-state index in [1.54, 1.807) is 37.3 Å². The molecule has 25 heavy (non-hydrogen) atoms. The lowest BCUT2D eigenvalue weighted by molar-refractivity contribution is 0.119. The molecule has 0 spiro atoms. The third-order valence-corrected chi connectivity index (χ3v) is 5.65. The van der Waals surface area contributed by atoms with Crippen LogP contribution in [0.5, 0.6) is 0 Å². The number of aromatic nitrogens is 1. The van der Waals surface area contributed by atoms with Gasteiger partial charge in [-0.05, 0) is 30.9 Å². The number of rotatable bonds is 7. The van der Waals surface area contributed by atoms with E-state index in [0.717, 1.165) is 23.2 Å². The van der Waals surface area contributed by atoms with E-state index in [1.807, 2.05) is 14.0 Å². The number of thioether (sulfide) groups is 1. The molecule has 2 rings (SSSR count). The summed E-state index contributed by atoms with van der Waals surface area (Å²) >= 11 is 3.38. The Labute approximate surface area is 158 Å². The quantitative estimate of drug-likeness (QED) is 0.451. The SMILES string of the molecule is CN=C(NCc1ccc(SC)cc1)N(C)Cc1csc(C(C)OC)n1. The molecule has 0 aliphatic carbocycles. The van der Waals surface area contributed by atoms with Gasteiger partial charge in [0.1, 0.15) is 11.1 Å². The number of hydrogen-bond acceptors (Lipinski definition) is 5. The smallest absolute Gasteiger partial charge is 0.194 e. The number of nitrogens with zero attached hydrogens (tertiary/aromatic N) is 3. The van der Waals surface area contributed by atoms with Gasteiger partial charge in [0.15, 0.2) is 5.96 Å². The number of hydrogen-bond donors (Lipinski definition) is 1. The molecule has 2 aromatic rings. The van der Waals surface area contributed by atoms with Gasteiger partial charge >= 0.3 is 0 Å². The van der Waals surface area contributed by atoms with E-state index in [0.29, 0.717) is 6.54 Å². The summed E-state index contributed by atoms with van der Waals surface area (Å²) in [5.41, 5.74) is 2.26. The Morgan fingerprint density at radius 1 is 1.40 bits per heavy atom. The number of guanidine groups is 1. The molecule has 7 heteroatoms. The minimum absolute atomic E-state index is 0.0331. The van der Waals surface area contributed by atoms with Crippen molar-refractivity contribution >= 4 is 29.1 Å². The molecular weight excluding hydrogens is 352 g/mol. The minimum atomic E-state index is 0.0331. The van der Waals surface area contributed by atoms with Crippen molar-refractivity contribution in [3.63, 3.8) is 0 Å². The number of benzene rings is 1. The fraction of sp³-hybridized carbons (Fsp3) is 0.444. The highest BCUT2D eigenvalue weighted by molar-refractivity contribution is 7.98. The van der Waals surface area contributed by atoms with Gasteiger partial charge in [0.05, 0.1) is 12.2 Å². The molecule has 0 amide bonds. The zero-order chi connectivity index (χ0) is 18.2. The van der Waals surface area contributed by atoms with Gasteiger partial charge in [0, 0.05) is 38.0 Å². The van der Waals surface area contributed by atoms with Crippen LogP contribution in [0.1, 0.15) is 29.3 Å². The van der Waals surface area contributed by atoms with Crippen LogP contribution < -0.4 is 5.32 Å². The van der Waals surface area contributed by atoms with E-state index in [9.17, 15) is 0 Å². The van der Waals surface area contributed by atoms with Gasteiger partial charge in [0.2, 0.25) is 0 Å². The Kier molecular flexibility index (Phi) is 7.74. The zero-order valence-electron chi connectivity index (χ0n) is 15.4. The predicted molar refractivity (Wildman–Crippen MR) is 107 cm³/mol. The zero-order valence-corrected chi connectivity index (χ0v) is 17.1. The Hall–Kier alpha value is -1.57. The molecule has 0 saturated heterocycles. The topological polar surface area (TPSA) is 49.8 Å². The molecule has 0 saturated carbocycles. The number of aliphatic imine (C=N–C) groups is 1. The van der Waals surface area contributed by atoms with Crippen LogP contribution in [0.15, 0.2) is 39.5 Å². The molecule has 1 atom stereocenters. The summed E-state index contributed by atoms with van der Waals surface area (Å²) in [4.78, 5) is 12.4. The lowest BCUT2D eigenvalue weighted by Crippen LogP contribution is -2.38. The molecule has 5 nitrogen and oxygen atoms in total. The van der Waals surface area contributed by atoms with Crippen LogP contribution in [0.3, 0.4) is 0 Å². The first-order valence-electron chi connectivity index (χ1n) is 8.09. The molecule has 0 fully saturated rings.